The van der Waals surface area contributed by atoms with Crippen LogP contribution in [0.5, 0.6) is 0 Å². The van der Waals surface area contributed by atoms with E-state index in [1.807, 2.05) is 66.7 Å². The van der Waals surface area contributed by atoms with Crippen LogP contribution in [0.3, 0.4) is 0 Å². The van der Waals surface area contributed by atoms with Crippen LogP contribution >= 0.6 is 0 Å². The SMILES string of the molecule is O=C(O)CC(NC(=O)CNC(=O)CCCNc1ccccn1)c1ccc(-c2cccc3ccccc23)cc1.[H-].[Na+]. The van der Waals surface area contributed by atoms with E-state index in [9.17, 15) is 19.5 Å². The predicted molar refractivity (Wildman–Crippen MR) is 149 cm³/mol. The van der Waals surface area contributed by atoms with Crippen molar-refractivity contribution in [3.63, 3.8) is 0 Å². The van der Waals surface area contributed by atoms with Crippen molar-refractivity contribution in [3.05, 3.63) is 96.7 Å². The summed E-state index contributed by atoms with van der Waals surface area (Å²) in [5, 5.41) is 20.1. The summed E-state index contributed by atoms with van der Waals surface area (Å²) in [5.41, 5.74) is 2.75. The second kappa shape index (κ2) is 15.0. The van der Waals surface area contributed by atoms with Crippen molar-refractivity contribution in [2.24, 2.45) is 0 Å². The molecule has 1 atom stereocenters. The Labute approximate surface area is 251 Å². The maximum absolute atomic E-state index is 12.5. The van der Waals surface area contributed by atoms with Crippen LogP contribution in [-0.4, -0.2) is 41.0 Å². The van der Waals surface area contributed by atoms with E-state index >= 15 is 0 Å². The normalized spacial score (nSPS) is 11.2. The predicted octanol–water partition coefficient (Wildman–Crippen LogP) is 1.66. The molecule has 8 nitrogen and oxygen atoms in total. The molecule has 9 heteroatoms. The van der Waals surface area contributed by atoms with E-state index in [4.69, 9.17) is 0 Å². The molecule has 2 amide bonds. The van der Waals surface area contributed by atoms with Crippen molar-refractivity contribution in [1.29, 1.82) is 0 Å². The molecule has 0 bridgehead atoms. The smallest absolute Gasteiger partial charge is 1.00 e. The molecule has 0 saturated heterocycles. The quantitative estimate of drug-likeness (QED) is 0.162. The van der Waals surface area contributed by atoms with Crippen molar-refractivity contribution in [3.8, 4) is 11.1 Å². The molecule has 3 aromatic carbocycles. The Morgan fingerprint density at radius 1 is 0.872 bits per heavy atom. The van der Waals surface area contributed by atoms with Crippen LogP contribution in [0.4, 0.5) is 5.82 Å². The van der Waals surface area contributed by atoms with Crippen LogP contribution in [0.2, 0.25) is 0 Å². The van der Waals surface area contributed by atoms with Gasteiger partial charge in [-0.15, -0.1) is 0 Å². The third-order valence-electron chi connectivity index (χ3n) is 6.13. The van der Waals surface area contributed by atoms with E-state index in [1.54, 1.807) is 6.20 Å². The van der Waals surface area contributed by atoms with Crippen LogP contribution in [0.15, 0.2) is 91.1 Å². The van der Waals surface area contributed by atoms with Crippen LogP contribution < -0.4 is 45.5 Å². The minimum atomic E-state index is -1.03. The van der Waals surface area contributed by atoms with E-state index < -0.39 is 17.9 Å². The van der Waals surface area contributed by atoms with Crippen molar-refractivity contribution in [2.45, 2.75) is 25.3 Å². The summed E-state index contributed by atoms with van der Waals surface area (Å²) in [4.78, 5) is 40.3. The van der Waals surface area contributed by atoms with Gasteiger partial charge >= 0.3 is 35.5 Å². The number of hydrogen-bond donors (Lipinski definition) is 4. The van der Waals surface area contributed by atoms with E-state index in [-0.39, 0.29) is 56.3 Å². The molecule has 4 N–H and O–H groups in total. The molecular weight excluding hydrogens is 503 g/mol. The van der Waals surface area contributed by atoms with Crippen LogP contribution in [0.1, 0.15) is 32.3 Å². The number of hydrogen-bond acceptors (Lipinski definition) is 5. The van der Waals surface area contributed by atoms with Gasteiger partial charge in [-0.2, -0.15) is 0 Å². The zero-order valence-corrected chi connectivity index (χ0v) is 23.9. The van der Waals surface area contributed by atoms with Gasteiger partial charge in [-0.3, -0.25) is 14.4 Å². The molecule has 1 unspecified atom stereocenters. The summed E-state index contributed by atoms with van der Waals surface area (Å²) in [7, 11) is 0. The van der Waals surface area contributed by atoms with Gasteiger partial charge in [0.15, 0.2) is 0 Å². The summed E-state index contributed by atoms with van der Waals surface area (Å²) < 4.78 is 0. The molecule has 4 aromatic rings. The fourth-order valence-corrected chi connectivity index (χ4v) is 4.24. The zero-order chi connectivity index (χ0) is 26.7. The molecule has 1 heterocycles. The Bertz CT molecular complexity index is 1400. The van der Waals surface area contributed by atoms with Crippen molar-refractivity contribution < 1.29 is 50.5 Å². The molecule has 0 aliphatic rings. The number of carboxylic acids is 1. The Morgan fingerprint density at radius 2 is 1.62 bits per heavy atom. The molecule has 1 aromatic heterocycles. The number of aromatic nitrogens is 1. The number of pyridine rings is 1. The number of nitrogens with zero attached hydrogens (tertiary/aromatic N) is 1. The summed E-state index contributed by atoms with van der Waals surface area (Å²) >= 11 is 0. The van der Waals surface area contributed by atoms with E-state index in [1.165, 1.54) is 0 Å². The monoisotopic (exact) mass is 534 g/mol. The largest absolute Gasteiger partial charge is 1.00 e. The van der Waals surface area contributed by atoms with Crippen LogP contribution in [0, 0.1) is 0 Å². The minimum Gasteiger partial charge on any atom is -1.00 e. The first-order valence-electron chi connectivity index (χ1n) is 12.5. The first-order chi connectivity index (χ1) is 18.5. The van der Waals surface area contributed by atoms with Gasteiger partial charge in [0, 0.05) is 19.2 Å². The summed E-state index contributed by atoms with van der Waals surface area (Å²) in [5.74, 6) is -0.994. The molecular formula is C30H31N4NaO4. The number of benzene rings is 3. The van der Waals surface area contributed by atoms with Crippen molar-refractivity contribution in [1.82, 2.24) is 15.6 Å². The van der Waals surface area contributed by atoms with Crippen LogP contribution in [0.25, 0.3) is 21.9 Å². The fraction of sp³-hybridized carbons (Fsp3) is 0.200. The number of carboxylic acid groups (broad SMARTS) is 1. The zero-order valence-electron chi connectivity index (χ0n) is 22.9. The molecule has 196 valence electrons. The number of carbonyl (C=O) groups excluding carboxylic acids is 2. The van der Waals surface area contributed by atoms with E-state index in [0.717, 1.165) is 27.7 Å². The van der Waals surface area contributed by atoms with Gasteiger partial charge in [0.25, 0.3) is 0 Å². The van der Waals surface area contributed by atoms with Gasteiger partial charge in [-0.05, 0) is 46.0 Å². The molecule has 0 saturated carbocycles. The molecule has 0 fully saturated rings. The van der Waals surface area contributed by atoms with Gasteiger partial charge in [0.2, 0.25) is 11.8 Å². The molecule has 39 heavy (non-hydrogen) atoms. The Hall–Kier alpha value is -3.72. The summed E-state index contributed by atoms with van der Waals surface area (Å²) in [6.07, 6.45) is 2.24. The first-order valence-corrected chi connectivity index (χ1v) is 12.5. The fourth-order valence-electron chi connectivity index (χ4n) is 4.24. The molecule has 0 spiro atoms. The molecule has 0 aliphatic carbocycles. The first kappa shape index (κ1) is 29.8. The Balaban J connectivity index is 0.00000280. The number of aliphatic carboxylic acids is 1. The van der Waals surface area contributed by atoms with Gasteiger partial charge in [0.1, 0.15) is 5.82 Å². The average Bonchev–Trinajstić information content (AvgIpc) is 2.94. The molecule has 0 radical (unpaired) electrons. The maximum Gasteiger partial charge on any atom is 1.00 e. The third kappa shape index (κ3) is 8.92. The van der Waals surface area contributed by atoms with Gasteiger partial charge in [-0.1, -0.05) is 72.8 Å². The van der Waals surface area contributed by atoms with Gasteiger partial charge < -0.3 is 22.5 Å². The Kier molecular flexibility index (Phi) is 11.5. The van der Waals surface area contributed by atoms with E-state index in [2.05, 4.69) is 39.1 Å². The van der Waals surface area contributed by atoms with Gasteiger partial charge in [0.05, 0.1) is 19.0 Å². The second-order valence-electron chi connectivity index (χ2n) is 8.89. The second-order valence-corrected chi connectivity index (χ2v) is 8.89. The van der Waals surface area contributed by atoms with Crippen molar-refractivity contribution in [2.75, 3.05) is 18.4 Å². The van der Waals surface area contributed by atoms with E-state index in [0.29, 0.717) is 18.5 Å². The van der Waals surface area contributed by atoms with Crippen LogP contribution in [-0.2, 0) is 14.4 Å². The van der Waals surface area contributed by atoms with Crippen molar-refractivity contribution >= 4 is 34.4 Å². The Morgan fingerprint density at radius 3 is 2.36 bits per heavy atom. The standard InChI is InChI=1S/C30H30N4O4.Na.H/c35-28(12-6-18-32-27-11-3-4-17-31-27)33-20-29(36)34-26(19-30(37)38)23-15-13-22(14-16-23)25-10-5-8-21-7-1-2-9-24(21)25;;/h1-5,7-11,13-17,26H,6,12,18-20H2,(H,31,32)(H,33,35)(H,34,36)(H,37,38);;/q;+1;-1. The number of rotatable bonds is 12. The summed E-state index contributed by atoms with van der Waals surface area (Å²) in [6.45, 7) is 0.350. The average molecular weight is 535 g/mol. The van der Waals surface area contributed by atoms with Gasteiger partial charge in [-0.25, -0.2) is 4.98 Å². The maximum atomic E-state index is 12.5. The molecule has 0 aliphatic heterocycles. The number of amides is 2. The number of anilines is 1. The topological polar surface area (TPSA) is 120 Å². The summed E-state index contributed by atoms with van der Waals surface area (Å²) in [6, 6.07) is 26.6. The third-order valence-corrected chi connectivity index (χ3v) is 6.13. The minimum absolute atomic E-state index is 0. The molecule has 4 rings (SSSR count). The number of fused-ring (bicyclic) bond motifs is 1. The number of nitrogens with one attached hydrogen (secondary N) is 3. The number of carbonyl (C=O) groups is 3.